The van der Waals surface area contributed by atoms with Crippen LogP contribution in [-0.2, 0) is 4.79 Å². The predicted molar refractivity (Wildman–Crippen MR) is 109 cm³/mol. The van der Waals surface area contributed by atoms with Crippen molar-refractivity contribution < 1.29 is 4.79 Å². The molecule has 0 unspecified atom stereocenters. The minimum absolute atomic E-state index is 0.292. The number of amides is 1. The third-order valence-corrected chi connectivity index (χ3v) is 4.39. The molecule has 0 spiro atoms. The monoisotopic (exact) mass is 502 g/mol. The lowest BCUT2D eigenvalue weighted by atomic mass is 10.2. The van der Waals surface area contributed by atoms with Gasteiger partial charge in [0.05, 0.1) is 11.4 Å². The Morgan fingerprint density at radius 1 is 1.35 bits per heavy atom. The number of carbonyl (C=O) groups excluding carboxylic acids is 1. The van der Waals surface area contributed by atoms with E-state index in [4.69, 9.17) is 5.41 Å². The van der Waals surface area contributed by atoms with Crippen molar-refractivity contribution in [3.8, 4) is 0 Å². The molecule has 0 saturated heterocycles. The maximum atomic E-state index is 12.3. The van der Waals surface area contributed by atoms with Gasteiger partial charge in [-0.3, -0.25) is 9.69 Å². The molecule has 2 N–H and O–H groups in total. The quantitative estimate of drug-likeness (QED) is 0.249. The number of carbonyl (C=O) groups is 1. The van der Waals surface area contributed by atoms with E-state index in [0.29, 0.717) is 22.9 Å². The Labute approximate surface area is 158 Å². The van der Waals surface area contributed by atoms with Crippen LogP contribution >= 0.6 is 46.3 Å². The van der Waals surface area contributed by atoms with Crippen molar-refractivity contribution in [3.63, 3.8) is 0 Å². The van der Waals surface area contributed by atoms with Crippen LogP contribution in [0.5, 0.6) is 0 Å². The average molecular weight is 503 g/mol. The molecule has 23 heavy (non-hydrogen) atoms. The number of aromatic nitrogens is 1. The molecule has 0 aliphatic heterocycles. The smallest absolute Gasteiger partial charge is 0.256 e. The first-order valence-electron chi connectivity index (χ1n) is 6.38. The molecule has 0 aliphatic carbocycles. The summed E-state index contributed by atoms with van der Waals surface area (Å²) in [5.74, 6) is 0.138. The molecule has 2 rings (SSSR count). The lowest BCUT2D eigenvalue weighted by Gasteiger charge is -2.21. The largest absolute Gasteiger partial charge is 0.319 e. The maximum Gasteiger partial charge on any atom is 0.256 e. The highest BCUT2D eigenvalue weighted by molar-refractivity contribution is 14.2. The molecule has 1 heterocycles. The van der Waals surface area contributed by atoms with E-state index in [9.17, 15) is 4.79 Å². The molecule has 8 heteroatoms. The second-order valence-electron chi connectivity index (χ2n) is 4.28. The molecule has 1 aromatic carbocycles. The van der Waals surface area contributed by atoms with Gasteiger partial charge in [-0.1, -0.05) is 22.5 Å². The number of hydrogen-bond donors (Lipinski definition) is 2. The number of anilines is 3. The van der Waals surface area contributed by atoms with Gasteiger partial charge in [0.15, 0.2) is 0 Å². The van der Waals surface area contributed by atoms with E-state index >= 15 is 0 Å². The zero-order valence-corrected chi connectivity index (χ0v) is 16.4. The van der Waals surface area contributed by atoms with E-state index in [2.05, 4.69) is 53.4 Å². The number of hydrogen-bond acceptors (Lipinski definition) is 5. The van der Waals surface area contributed by atoms with Crippen molar-refractivity contribution in [3.05, 3.63) is 59.2 Å². The normalized spacial score (nSPS) is 10.0. The molecular formula is C15H12BrIN4OS. The molecule has 1 aromatic heterocycles. The summed E-state index contributed by atoms with van der Waals surface area (Å²) in [6.07, 6.45) is 2.39. The molecule has 118 valence electrons. The van der Waals surface area contributed by atoms with Crippen LogP contribution in [0.25, 0.3) is 0 Å². The van der Waals surface area contributed by atoms with Gasteiger partial charge in [-0.25, -0.2) is 4.98 Å². The lowest BCUT2D eigenvalue weighted by Crippen LogP contribution is -2.25. The molecule has 1 amide bonds. The third-order valence-electron chi connectivity index (χ3n) is 2.90. The number of nitrogens with zero attached hydrogens (tertiary/aromatic N) is 2. The average Bonchev–Trinajstić information content (AvgIpc) is 2.58. The Kier molecular flexibility index (Phi) is 6.60. The van der Waals surface area contributed by atoms with Crippen molar-refractivity contribution in [2.75, 3.05) is 9.62 Å². The fraction of sp³-hybridized carbons (Fsp3) is 0. The maximum absolute atomic E-state index is 12.3. The summed E-state index contributed by atoms with van der Waals surface area (Å²) in [6.45, 7) is 3.55. The Bertz CT molecular complexity index is 739. The number of benzene rings is 1. The SMILES string of the molecule is C=CC(=O)N(c1ccc(Br)cc1)c1ccc(NSI)c(C=N)n1. The van der Waals surface area contributed by atoms with Gasteiger partial charge >= 0.3 is 0 Å². The van der Waals surface area contributed by atoms with E-state index < -0.39 is 0 Å². The van der Waals surface area contributed by atoms with E-state index in [1.807, 2.05) is 24.3 Å². The zero-order chi connectivity index (χ0) is 16.8. The van der Waals surface area contributed by atoms with Gasteiger partial charge in [0, 0.05) is 41.0 Å². The number of rotatable bonds is 6. The summed E-state index contributed by atoms with van der Waals surface area (Å²) in [5.41, 5.74) is 1.83. The van der Waals surface area contributed by atoms with Crippen LogP contribution in [-0.4, -0.2) is 17.1 Å². The van der Waals surface area contributed by atoms with Gasteiger partial charge in [0.2, 0.25) is 0 Å². The first kappa shape index (κ1) is 18.0. The van der Waals surface area contributed by atoms with Gasteiger partial charge in [-0.05, 0) is 42.5 Å². The summed E-state index contributed by atoms with van der Waals surface area (Å²) in [6, 6.07) is 10.8. The van der Waals surface area contributed by atoms with Gasteiger partial charge < -0.3 is 10.1 Å². The second kappa shape index (κ2) is 8.46. The molecule has 2 aromatic rings. The topological polar surface area (TPSA) is 69.1 Å². The molecule has 0 saturated carbocycles. The summed E-state index contributed by atoms with van der Waals surface area (Å²) < 4.78 is 3.96. The van der Waals surface area contributed by atoms with Crippen LogP contribution in [0.2, 0.25) is 0 Å². The molecule has 5 nitrogen and oxygen atoms in total. The third kappa shape index (κ3) is 4.33. The highest BCUT2D eigenvalue weighted by Gasteiger charge is 2.18. The van der Waals surface area contributed by atoms with Gasteiger partial charge in [-0.15, -0.1) is 0 Å². The van der Waals surface area contributed by atoms with Gasteiger partial charge in [0.1, 0.15) is 11.5 Å². The second-order valence-corrected chi connectivity index (χ2v) is 6.88. The molecular weight excluding hydrogens is 491 g/mol. The summed E-state index contributed by atoms with van der Waals surface area (Å²) >= 11 is 5.47. The Morgan fingerprint density at radius 3 is 2.61 bits per heavy atom. The fourth-order valence-corrected chi connectivity index (χ4v) is 3.11. The van der Waals surface area contributed by atoms with Crippen molar-refractivity contribution in [1.29, 1.82) is 5.41 Å². The lowest BCUT2D eigenvalue weighted by molar-refractivity contribution is -0.113. The Balaban J connectivity index is 2.51. The number of halogens is 2. The first-order valence-corrected chi connectivity index (χ1v) is 10.5. The molecule has 0 aliphatic rings. The molecule has 0 atom stereocenters. The van der Waals surface area contributed by atoms with Crippen LogP contribution in [0.4, 0.5) is 17.2 Å². The Hall–Kier alpha value is -1.39. The summed E-state index contributed by atoms with van der Waals surface area (Å²) in [4.78, 5) is 18.1. The first-order chi connectivity index (χ1) is 11.1. The standard InChI is InChI=1S/C15H12BrIN4OS/c1-2-15(22)21(11-5-3-10(16)4-6-11)14-8-7-12(20-23-17)13(9-18)19-14/h2-9,18,20H,1H2. The van der Waals surface area contributed by atoms with E-state index in [0.717, 1.165) is 10.7 Å². The minimum atomic E-state index is -0.292. The summed E-state index contributed by atoms with van der Waals surface area (Å²) in [7, 11) is 1.38. The van der Waals surface area contributed by atoms with Gasteiger partial charge in [-0.2, -0.15) is 0 Å². The van der Waals surface area contributed by atoms with Crippen molar-refractivity contribution >= 4 is 75.6 Å². The Morgan fingerprint density at radius 2 is 2.04 bits per heavy atom. The highest BCUT2D eigenvalue weighted by Crippen LogP contribution is 2.29. The van der Waals surface area contributed by atoms with Crippen LogP contribution < -0.4 is 9.62 Å². The van der Waals surface area contributed by atoms with Gasteiger partial charge in [0.25, 0.3) is 5.91 Å². The highest BCUT2D eigenvalue weighted by atomic mass is 127. The van der Waals surface area contributed by atoms with Crippen LogP contribution in [0, 0.1) is 5.41 Å². The van der Waals surface area contributed by atoms with E-state index in [1.165, 1.54) is 20.1 Å². The predicted octanol–water partition coefficient (Wildman–Crippen LogP) is 5.10. The molecule has 0 fully saturated rings. The minimum Gasteiger partial charge on any atom is -0.319 e. The van der Waals surface area contributed by atoms with E-state index in [1.54, 1.807) is 12.1 Å². The van der Waals surface area contributed by atoms with Crippen LogP contribution in [0.15, 0.2) is 53.5 Å². The van der Waals surface area contributed by atoms with Crippen LogP contribution in [0.1, 0.15) is 5.69 Å². The molecule has 0 radical (unpaired) electrons. The van der Waals surface area contributed by atoms with Crippen molar-refractivity contribution in [2.24, 2.45) is 0 Å². The fourth-order valence-electron chi connectivity index (χ4n) is 1.88. The number of pyridine rings is 1. The zero-order valence-electron chi connectivity index (χ0n) is 11.8. The summed E-state index contributed by atoms with van der Waals surface area (Å²) in [5, 5.41) is 7.52. The van der Waals surface area contributed by atoms with Crippen molar-refractivity contribution in [1.82, 2.24) is 4.98 Å². The van der Waals surface area contributed by atoms with E-state index in [-0.39, 0.29) is 5.91 Å². The number of nitrogens with one attached hydrogen (secondary N) is 2. The van der Waals surface area contributed by atoms with Crippen LogP contribution in [0.3, 0.4) is 0 Å². The molecule has 0 bridgehead atoms. The van der Waals surface area contributed by atoms with Crippen molar-refractivity contribution in [2.45, 2.75) is 0 Å².